The lowest BCUT2D eigenvalue weighted by molar-refractivity contribution is -0.142. The molecule has 0 aliphatic carbocycles. The van der Waals surface area contributed by atoms with Gasteiger partial charge < -0.3 is 10.8 Å². The third kappa shape index (κ3) is 4.75. The van der Waals surface area contributed by atoms with Crippen LogP contribution in [0, 0.1) is 18.3 Å². The van der Waals surface area contributed by atoms with E-state index in [0.29, 0.717) is 25.8 Å². The third-order valence-electron chi connectivity index (χ3n) is 1.74. The number of carbonyl (C=O) groups is 1. The number of carboxylic acid groups (broad SMARTS) is 1. The van der Waals surface area contributed by atoms with E-state index in [1.807, 2.05) is 0 Å². The SMILES string of the molecule is C#CCCCC(CCN)C(=O)O. The second-order valence-electron chi connectivity index (χ2n) is 2.71. The van der Waals surface area contributed by atoms with Crippen molar-refractivity contribution in [2.75, 3.05) is 6.54 Å². The number of nitrogens with two attached hydrogens (primary N) is 1. The van der Waals surface area contributed by atoms with Gasteiger partial charge in [0.15, 0.2) is 0 Å². The molecule has 3 heteroatoms. The standard InChI is InChI=1S/C9H15NO2/c1-2-3-4-5-8(6-7-10)9(11)12/h1,8H,3-7,10H2,(H,11,12). The van der Waals surface area contributed by atoms with Crippen molar-refractivity contribution in [1.82, 2.24) is 0 Å². The van der Waals surface area contributed by atoms with E-state index in [9.17, 15) is 4.79 Å². The van der Waals surface area contributed by atoms with Gasteiger partial charge in [-0.05, 0) is 25.8 Å². The van der Waals surface area contributed by atoms with Crippen LogP contribution in [0.1, 0.15) is 25.7 Å². The number of aliphatic carboxylic acids is 1. The van der Waals surface area contributed by atoms with E-state index < -0.39 is 5.97 Å². The summed E-state index contributed by atoms with van der Waals surface area (Å²) >= 11 is 0. The summed E-state index contributed by atoms with van der Waals surface area (Å²) in [4.78, 5) is 10.6. The van der Waals surface area contributed by atoms with Gasteiger partial charge in [-0.3, -0.25) is 4.79 Å². The molecule has 0 spiro atoms. The molecule has 0 rings (SSSR count). The number of carboxylic acids is 1. The summed E-state index contributed by atoms with van der Waals surface area (Å²) in [5.41, 5.74) is 5.27. The monoisotopic (exact) mass is 169 g/mol. The maximum atomic E-state index is 10.6. The summed E-state index contributed by atoms with van der Waals surface area (Å²) in [5, 5.41) is 8.70. The average molecular weight is 169 g/mol. The smallest absolute Gasteiger partial charge is 0.306 e. The van der Waals surface area contributed by atoms with E-state index in [4.69, 9.17) is 17.3 Å². The molecule has 0 aromatic heterocycles. The minimum Gasteiger partial charge on any atom is -0.481 e. The number of rotatable bonds is 6. The maximum absolute atomic E-state index is 10.6. The predicted molar refractivity (Wildman–Crippen MR) is 47.5 cm³/mol. The van der Waals surface area contributed by atoms with Crippen LogP contribution in [0.5, 0.6) is 0 Å². The van der Waals surface area contributed by atoms with Gasteiger partial charge in [-0.2, -0.15) is 0 Å². The third-order valence-corrected chi connectivity index (χ3v) is 1.74. The summed E-state index contributed by atoms with van der Waals surface area (Å²) in [6.07, 6.45) is 7.64. The summed E-state index contributed by atoms with van der Waals surface area (Å²) in [6.45, 7) is 0.424. The fourth-order valence-electron chi connectivity index (χ4n) is 1.04. The Bertz CT molecular complexity index is 172. The Morgan fingerprint density at radius 3 is 2.67 bits per heavy atom. The number of hydrogen-bond donors (Lipinski definition) is 2. The number of terminal acetylenes is 1. The Balaban J connectivity index is 3.65. The van der Waals surface area contributed by atoms with E-state index >= 15 is 0 Å². The first kappa shape index (κ1) is 11.0. The van der Waals surface area contributed by atoms with Crippen LogP contribution in [-0.2, 0) is 4.79 Å². The molecule has 0 aliphatic heterocycles. The Kier molecular flexibility index (Phi) is 6.12. The van der Waals surface area contributed by atoms with Crippen LogP contribution >= 0.6 is 0 Å². The first-order valence-corrected chi connectivity index (χ1v) is 4.08. The topological polar surface area (TPSA) is 63.3 Å². The first-order chi connectivity index (χ1) is 5.72. The zero-order valence-corrected chi connectivity index (χ0v) is 7.12. The van der Waals surface area contributed by atoms with Crippen molar-refractivity contribution >= 4 is 5.97 Å². The molecular formula is C9H15NO2. The molecule has 3 N–H and O–H groups in total. The largest absolute Gasteiger partial charge is 0.481 e. The minimum atomic E-state index is -0.766. The highest BCUT2D eigenvalue weighted by atomic mass is 16.4. The number of hydrogen-bond acceptors (Lipinski definition) is 2. The normalized spacial score (nSPS) is 12.0. The molecule has 0 aromatic rings. The predicted octanol–water partition coefficient (Wildman–Crippen LogP) is 0.840. The summed E-state index contributed by atoms with van der Waals surface area (Å²) in [5.74, 6) is 1.40. The van der Waals surface area contributed by atoms with Crippen LogP contribution in [0.2, 0.25) is 0 Å². The molecule has 0 bridgehead atoms. The lowest BCUT2D eigenvalue weighted by atomic mass is 9.99. The molecule has 68 valence electrons. The van der Waals surface area contributed by atoms with Gasteiger partial charge in [-0.15, -0.1) is 12.3 Å². The zero-order valence-electron chi connectivity index (χ0n) is 7.12. The van der Waals surface area contributed by atoms with Crippen molar-refractivity contribution in [2.24, 2.45) is 11.7 Å². The van der Waals surface area contributed by atoms with Crippen molar-refractivity contribution < 1.29 is 9.90 Å². The molecule has 0 heterocycles. The molecule has 3 nitrogen and oxygen atoms in total. The van der Waals surface area contributed by atoms with Crippen molar-refractivity contribution in [3.8, 4) is 12.3 Å². The van der Waals surface area contributed by atoms with E-state index in [2.05, 4.69) is 5.92 Å². The highest BCUT2D eigenvalue weighted by molar-refractivity contribution is 5.69. The number of unbranched alkanes of at least 4 members (excludes halogenated alkanes) is 1. The molecular weight excluding hydrogens is 154 g/mol. The Hall–Kier alpha value is -1.01. The first-order valence-electron chi connectivity index (χ1n) is 4.08. The summed E-state index contributed by atoms with van der Waals surface area (Å²) in [7, 11) is 0. The van der Waals surface area contributed by atoms with Gasteiger partial charge in [0.05, 0.1) is 5.92 Å². The zero-order chi connectivity index (χ0) is 9.40. The van der Waals surface area contributed by atoms with Crippen LogP contribution in [0.25, 0.3) is 0 Å². The van der Waals surface area contributed by atoms with Gasteiger partial charge in [0, 0.05) is 6.42 Å². The van der Waals surface area contributed by atoms with Crippen LogP contribution in [0.15, 0.2) is 0 Å². The molecule has 0 saturated heterocycles. The molecule has 0 amide bonds. The summed E-state index contributed by atoms with van der Waals surface area (Å²) in [6, 6.07) is 0. The van der Waals surface area contributed by atoms with Crippen LogP contribution in [-0.4, -0.2) is 17.6 Å². The van der Waals surface area contributed by atoms with Gasteiger partial charge in [0.25, 0.3) is 0 Å². The molecule has 0 aromatic carbocycles. The Morgan fingerprint density at radius 1 is 1.58 bits per heavy atom. The Labute approximate surface area is 73.0 Å². The van der Waals surface area contributed by atoms with Gasteiger partial charge in [-0.25, -0.2) is 0 Å². The van der Waals surface area contributed by atoms with Crippen molar-refractivity contribution in [1.29, 1.82) is 0 Å². The lowest BCUT2D eigenvalue weighted by Crippen LogP contribution is -2.17. The average Bonchev–Trinajstić information content (AvgIpc) is 2.03. The molecule has 1 unspecified atom stereocenters. The molecule has 0 fully saturated rings. The minimum absolute atomic E-state index is 0.316. The maximum Gasteiger partial charge on any atom is 0.306 e. The van der Waals surface area contributed by atoms with Crippen LogP contribution < -0.4 is 5.73 Å². The van der Waals surface area contributed by atoms with Crippen LogP contribution in [0.4, 0.5) is 0 Å². The second kappa shape index (κ2) is 6.68. The Morgan fingerprint density at radius 2 is 2.25 bits per heavy atom. The second-order valence-corrected chi connectivity index (χ2v) is 2.71. The van der Waals surface area contributed by atoms with Crippen molar-refractivity contribution in [2.45, 2.75) is 25.7 Å². The summed E-state index contributed by atoms with van der Waals surface area (Å²) < 4.78 is 0. The molecule has 0 saturated carbocycles. The van der Waals surface area contributed by atoms with Gasteiger partial charge in [0.2, 0.25) is 0 Å². The van der Waals surface area contributed by atoms with E-state index in [1.165, 1.54) is 0 Å². The van der Waals surface area contributed by atoms with Crippen LogP contribution in [0.3, 0.4) is 0 Å². The van der Waals surface area contributed by atoms with Gasteiger partial charge in [-0.1, -0.05) is 0 Å². The van der Waals surface area contributed by atoms with E-state index in [0.717, 1.165) is 6.42 Å². The van der Waals surface area contributed by atoms with E-state index in [-0.39, 0.29) is 5.92 Å². The molecule has 0 aliphatic rings. The highest BCUT2D eigenvalue weighted by Gasteiger charge is 2.14. The molecule has 1 atom stereocenters. The van der Waals surface area contributed by atoms with Crippen molar-refractivity contribution in [3.63, 3.8) is 0 Å². The van der Waals surface area contributed by atoms with Crippen molar-refractivity contribution in [3.05, 3.63) is 0 Å². The van der Waals surface area contributed by atoms with Gasteiger partial charge in [0.1, 0.15) is 0 Å². The quantitative estimate of drug-likeness (QED) is 0.457. The highest BCUT2D eigenvalue weighted by Crippen LogP contribution is 2.11. The molecule has 12 heavy (non-hydrogen) atoms. The fraction of sp³-hybridized carbons (Fsp3) is 0.667. The van der Waals surface area contributed by atoms with E-state index in [1.54, 1.807) is 0 Å². The lowest BCUT2D eigenvalue weighted by Gasteiger charge is -2.08. The van der Waals surface area contributed by atoms with Gasteiger partial charge >= 0.3 is 5.97 Å². The molecule has 0 radical (unpaired) electrons. The fourth-order valence-corrected chi connectivity index (χ4v) is 1.04.